The fourth-order valence-corrected chi connectivity index (χ4v) is 4.17. The van der Waals surface area contributed by atoms with Gasteiger partial charge < -0.3 is 9.84 Å². The van der Waals surface area contributed by atoms with E-state index in [1.807, 2.05) is 44.2 Å². The molecule has 1 rings (SSSR count). The monoisotopic (exact) mass is 418 g/mol. The molecule has 0 aliphatic rings. The molecule has 0 saturated carbocycles. The van der Waals surface area contributed by atoms with E-state index in [0.29, 0.717) is 6.42 Å². The summed E-state index contributed by atoms with van der Waals surface area (Å²) in [6, 6.07) is 9.71. The van der Waals surface area contributed by atoms with Crippen molar-refractivity contribution in [3.8, 4) is 0 Å². The van der Waals surface area contributed by atoms with Crippen molar-refractivity contribution in [2.24, 2.45) is 11.8 Å². The maximum atomic E-state index is 13.0. The SMILES string of the molecule is CCCCCCCCCCC(C)OC(=O)C(C(C)C(=O)O)C(CC)c1ccccc1. The average Bonchev–Trinajstić information content (AvgIpc) is 2.73. The number of aliphatic carboxylic acids is 1. The van der Waals surface area contributed by atoms with Gasteiger partial charge >= 0.3 is 11.9 Å². The second-order valence-electron chi connectivity index (χ2n) is 8.59. The molecule has 0 bridgehead atoms. The molecule has 0 saturated heterocycles. The number of hydrogen-bond acceptors (Lipinski definition) is 3. The van der Waals surface area contributed by atoms with Gasteiger partial charge in [0.25, 0.3) is 0 Å². The molecule has 0 radical (unpaired) electrons. The Balaban J connectivity index is 2.60. The van der Waals surface area contributed by atoms with Crippen molar-refractivity contribution in [3.05, 3.63) is 35.9 Å². The molecule has 1 aromatic rings. The molecular formula is C26H42O4. The molecule has 4 atom stereocenters. The lowest BCUT2D eigenvalue weighted by atomic mass is 9.77. The highest BCUT2D eigenvalue weighted by Gasteiger charge is 2.38. The highest BCUT2D eigenvalue weighted by molar-refractivity contribution is 5.82. The van der Waals surface area contributed by atoms with Gasteiger partial charge in [0.1, 0.15) is 0 Å². The Morgan fingerprint density at radius 2 is 1.47 bits per heavy atom. The minimum absolute atomic E-state index is 0.167. The largest absolute Gasteiger partial charge is 0.481 e. The van der Waals surface area contributed by atoms with Gasteiger partial charge in [-0.15, -0.1) is 0 Å². The first-order valence-electron chi connectivity index (χ1n) is 11.9. The molecule has 170 valence electrons. The number of hydrogen-bond donors (Lipinski definition) is 1. The Bertz CT molecular complexity index is 598. The predicted molar refractivity (Wildman–Crippen MR) is 123 cm³/mol. The minimum Gasteiger partial charge on any atom is -0.481 e. The molecule has 0 aliphatic heterocycles. The number of carbonyl (C=O) groups excluding carboxylic acids is 1. The quantitative estimate of drug-likeness (QED) is 0.232. The molecule has 30 heavy (non-hydrogen) atoms. The summed E-state index contributed by atoms with van der Waals surface area (Å²) in [7, 11) is 0. The first kappa shape index (κ1) is 26.2. The highest BCUT2D eigenvalue weighted by atomic mass is 16.5. The first-order valence-corrected chi connectivity index (χ1v) is 11.9. The number of benzene rings is 1. The van der Waals surface area contributed by atoms with Gasteiger partial charge in [-0.25, -0.2) is 0 Å². The number of ether oxygens (including phenoxy) is 1. The van der Waals surface area contributed by atoms with Crippen molar-refractivity contribution >= 4 is 11.9 Å². The smallest absolute Gasteiger partial charge is 0.310 e. The van der Waals surface area contributed by atoms with Crippen molar-refractivity contribution in [1.29, 1.82) is 0 Å². The average molecular weight is 419 g/mol. The molecule has 0 amide bonds. The van der Waals surface area contributed by atoms with Crippen LogP contribution in [0.3, 0.4) is 0 Å². The summed E-state index contributed by atoms with van der Waals surface area (Å²) in [5.74, 6) is -2.98. The van der Waals surface area contributed by atoms with Crippen LogP contribution in [0.4, 0.5) is 0 Å². The van der Waals surface area contributed by atoms with E-state index in [4.69, 9.17) is 4.74 Å². The summed E-state index contributed by atoms with van der Waals surface area (Å²) in [6.07, 6.45) is 11.3. The van der Waals surface area contributed by atoms with Crippen LogP contribution in [-0.2, 0) is 14.3 Å². The number of carboxylic acid groups (broad SMARTS) is 1. The van der Waals surface area contributed by atoms with E-state index in [1.165, 1.54) is 38.5 Å². The van der Waals surface area contributed by atoms with Crippen LogP contribution in [0, 0.1) is 11.8 Å². The van der Waals surface area contributed by atoms with Crippen LogP contribution in [-0.4, -0.2) is 23.1 Å². The zero-order chi connectivity index (χ0) is 22.4. The van der Waals surface area contributed by atoms with Crippen molar-refractivity contribution in [3.63, 3.8) is 0 Å². The van der Waals surface area contributed by atoms with Gasteiger partial charge in [-0.05, 0) is 37.7 Å². The lowest BCUT2D eigenvalue weighted by Crippen LogP contribution is -2.35. The van der Waals surface area contributed by atoms with Gasteiger partial charge in [-0.2, -0.15) is 0 Å². The summed E-state index contributed by atoms with van der Waals surface area (Å²) < 4.78 is 5.75. The summed E-state index contributed by atoms with van der Waals surface area (Å²) in [5, 5.41) is 9.60. The van der Waals surface area contributed by atoms with Gasteiger partial charge in [-0.1, -0.05) is 96.0 Å². The number of esters is 1. The third-order valence-corrected chi connectivity index (χ3v) is 6.08. The van der Waals surface area contributed by atoms with Crippen LogP contribution in [0.25, 0.3) is 0 Å². The van der Waals surface area contributed by atoms with Gasteiger partial charge in [0.05, 0.1) is 17.9 Å². The normalized spacial score (nSPS) is 15.2. The molecule has 4 unspecified atom stereocenters. The van der Waals surface area contributed by atoms with Crippen molar-refractivity contribution < 1.29 is 19.4 Å². The molecule has 4 nitrogen and oxygen atoms in total. The zero-order valence-electron chi connectivity index (χ0n) is 19.4. The number of carboxylic acids is 1. The van der Waals surface area contributed by atoms with E-state index in [1.54, 1.807) is 6.92 Å². The Kier molecular flexibility index (Phi) is 13.1. The Morgan fingerprint density at radius 3 is 2.00 bits per heavy atom. The maximum absolute atomic E-state index is 13.0. The van der Waals surface area contributed by atoms with E-state index in [9.17, 15) is 14.7 Å². The molecular weight excluding hydrogens is 376 g/mol. The Morgan fingerprint density at radius 1 is 0.900 bits per heavy atom. The Hall–Kier alpha value is -1.84. The summed E-state index contributed by atoms with van der Waals surface area (Å²) >= 11 is 0. The van der Waals surface area contributed by atoms with Gasteiger partial charge in [0, 0.05) is 0 Å². The highest BCUT2D eigenvalue weighted by Crippen LogP contribution is 2.35. The lowest BCUT2D eigenvalue weighted by Gasteiger charge is -2.29. The second-order valence-corrected chi connectivity index (χ2v) is 8.59. The summed E-state index contributed by atoms with van der Waals surface area (Å²) in [6.45, 7) is 7.76. The molecule has 4 heteroatoms. The molecule has 0 spiro atoms. The summed E-state index contributed by atoms with van der Waals surface area (Å²) in [5.41, 5.74) is 0.991. The van der Waals surface area contributed by atoms with Crippen molar-refractivity contribution in [2.45, 2.75) is 104 Å². The van der Waals surface area contributed by atoms with E-state index in [-0.39, 0.29) is 18.0 Å². The summed E-state index contributed by atoms with van der Waals surface area (Å²) in [4.78, 5) is 24.7. The number of unbranched alkanes of at least 4 members (excludes halogenated alkanes) is 7. The lowest BCUT2D eigenvalue weighted by molar-refractivity contribution is -0.162. The van der Waals surface area contributed by atoms with E-state index >= 15 is 0 Å². The van der Waals surface area contributed by atoms with Crippen LogP contribution in [0.15, 0.2) is 30.3 Å². The topological polar surface area (TPSA) is 63.6 Å². The third kappa shape index (κ3) is 9.32. The molecule has 0 aliphatic carbocycles. The van der Waals surface area contributed by atoms with Crippen LogP contribution in [0.5, 0.6) is 0 Å². The van der Waals surface area contributed by atoms with E-state index in [0.717, 1.165) is 24.8 Å². The van der Waals surface area contributed by atoms with Crippen molar-refractivity contribution in [2.75, 3.05) is 0 Å². The molecule has 1 aromatic carbocycles. The molecule has 0 aromatic heterocycles. The van der Waals surface area contributed by atoms with Crippen LogP contribution in [0.2, 0.25) is 0 Å². The van der Waals surface area contributed by atoms with Crippen molar-refractivity contribution in [1.82, 2.24) is 0 Å². The molecule has 0 heterocycles. The first-order chi connectivity index (χ1) is 14.4. The standard InChI is InChI=1S/C26H42O4/c1-5-7-8-9-10-11-12-14-17-20(3)30-26(29)24(21(4)25(27)28)23(6-2)22-18-15-13-16-19-22/h13,15-16,18-21,23-24H,5-12,14,17H2,1-4H3,(H,27,28). The Labute approximate surface area is 183 Å². The predicted octanol–water partition coefficient (Wildman–Crippen LogP) is 6.98. The third-order valence-electron chi connectivity index (χ3n) is 6.08. The fraction of sp³-hybridized carbons (Fsp3) is 0.692. The molecule has 1 N–H and O–H groups in total. The zero-order valence-corrected chi connectivity index (χ0v) is 19.4. The van der Waals surface area contributed by atoms with Crippen LogP contribution in [0.1, 0.15) is 103 Å². The fourth-order valence-electron chi connectivity index (χ4n) is 4.17. The van der Waals surface area contributed by atoms with Gasteiger partial charge in [0.2, 0.25) is 0 Å². The van der Waals surface area contributed by atoms with Crippen LogP contribution >= 0.6 is 0 Å². The minimum atomic E-state index is -0.956. The van der Waals surface area contributed by atoms with Gasteiger partial charge in [0.15, 0.2) is 0 Å². The van der Waals surface area contributed by atoms with E-state index in [2.05, 4.69) is 6.92 Å². The maximum Gasteiger partial charge on any atom is 0.310 e. The van der Waals surface area contributed by atoms with Gasteiger partial charge in [-0.3, -0.25) is 9.59 Å². The number of carbonyl (C=O) groups is 2. The number of rotatable bonds is 16. The van der Waals surface area contributed by atoms with E-state index < -0.39 is 17.8 Å². The second kappa shape index (κ2) is 15.0. The molecule has 0 fully saturated rings. The van der Waals surface area contributed by atoms with Crippen LogP contribution < -0.4 is 0 Å².